The van der Waals surface area contributed by atoms with Crippen LogP contribution in [0.5, 0.6) is 0 Å². The van der Waals surface area contributed by atoms with Gasteiger partial charge in [-0.25, -0.2) is 18.1 Å². The van der Waals surface area contributed by atoms with E-state index in [0.717, 1.165) is 13.0 Å². The second-order valence-corrected chi connectivity index (χ2v) is 10.5. The molecule has 0 bridgehead atoms. The fourth-order valence-corrected chi connectivity index (χ4v) is 5.05. The van der Waals surface area contributed by atoms with E-state index >= 15 is 0 Å². The average Bonchev–Trinajstić information content (AvgIpc) is 3.19. The third-order valence-corrected chi connectivity index (χ3v) is 7.39. The number of nitrogens with one attached hydrogen (secondary N) is 3. The minimum absolute atomic E-state index is 0.0558. The molecule has 3 rings (SSSR count). The van der Waals surface area contributed by atoms with Crippen molar-refractivity contribution in [2.45, 2.75) is 44.0 Å². The summed E-state index contributed by atoms with van der Waals surface area (Å²) in [5.41, 5.74) is 1.13. The molecule has 1 saturated heterocycles. The Balaban J connectivity index is 1.67. The van der Waals surface area contributed by atoms with E-state index in [1.807, 2.05) is 6.92 Å². The van der Waals surface area contributed by atoms with Crippen molar-refractivity contribution in [3.05, 3.63) is 34.4 Å². The van der Waals surface area contributed by atoms with E-state index in [1.54, 1.807) is 30.2 Å². The van der Waals surface area contributed by atoms with Crippen LogP contribution in [0.2, 0.25) is 0 Å². The zero-order valence-electron chi connectivity index (χ0n) is 18.6. The van der Waals surface area contributed by atoms with Crippen molar-refractivity contribution in [3.63, 3.8) is 0 Å². The number of nitrogens with zero attached hydrogens (tertiary/aromatic N) is 3. The van der Waals surface area contributed by atoms with Gasteiger partial charge in [-0.1, -0.05) is 6.07 Å². The Morgan fingerprint density at radius 2 is 2.12 bits per heavy atom. The maximum absolute atomic E-state index is 12.9. The molecular weight excluding hydrogens is 512 g/mol. The molecule has 1 aromatic heterocycles. The predicted molar refractivity (Wildman–Crippen MR) is 130 cm³/mol. The SMILES string of the molecule is Cc1ccc(Nc2ncc(Br)c(N[C@H](C)CO)n2)cc1S(=O)(=O)NCCCN1CCCC1=O. The van der Waals surface area contributed by atoms with Gasteiger partial charge in [-0.3, -0.25) is 4.79 Å². The molecule has 2 heterocycles. The van der Waals surface area contributed by atoms with Gasteiger partial charge >= 0.3 is 0 Å². The Kier molecular flexibility index (Phi) is 8.63. The van der Waals surface area contributed by atoms with E-state index in [2.05, 4.69) is 41.3 Å². The Morgan fingerprint density at radius 3 is 2.82 bits per heavy atom. The van der Waals surface area contributed by atoms with E-state index in [0.29, 0.717) is 40.9 Å². The summed E-state index contributed by atoms with van der Waals surface area (Å²) in [6.45, 7) is 5.03. The second kappa shape index (κ2) is 11.2. The third-order valence-electron chi connectivity index (χ3n) is 5.20. The summed E-state index contributed by atoms with van der Waals surface area (Å²) >= 11 is 3.37. The van der Waals surface area contributed by atoms with Crippen molar-refractivity contribution in [3.8, 4) is 0 Å². The minimum atomic E-state index is -3.73. The van der Waals surface area contributed by atoms with Crippen molar-refractivity contribution in [1.29, 1.82) is 0 Å². The number of benzene rings is 1. The van der Waals surface area contributed by atoms with Crippen LogP contribution in [0.3, 0.4) is 0 Å². The molecule has 0 spiro atoms. The van der Waals surface area contributed by atoms with Crippen molar-refractivity contribution < 1.29 is 18.3 Å². The molecule has 0 unspecified atom stereocenters. The fourth-order valence-electron chi connectivity index (χ4n) is 3.40. The molecule has 1 aromatic carbocycles. The van der Waals surface area contributed by atoms with Crippen LogP contribution in [0.1, 0.15) is 31.7 Å². The monoisotopic (exact) mass is 540 g/mol. The zero-order chi connectivity index (χ0) is 24.0. The number of amides is 1. The highest BCUT2D eigenvalue weighted by molar-refractivity contribution is 9.10. The molecule has 1 amide bonds. The standard InChI is InChI=1S/C21H29BrN6O4S/c1-14-6-7-16(26-21-23-12-17(22)20(27-21)25-15(2)13-29)11-18(14)33(31,32)24-8-4-10-28-9-3-5-19(28)30/h6-7,11-12,15,24,29H,3-5,8-10,13H2,1-2H3,(H2,23,25,26,27)/t15-/m1/s1. The summed E-state index contributed by atoms with van der Waals surface area (Å²) in [6, 6.07) is 4.81. The molecule has 0 radical (unpaired) electrons. The number of rotatable bonds is 11. The number of aliphatic hydroxyl groups excluding tert-OH is 1. The van der Waals surface area contributed by atoms with E-state index in [9.17, 15) is 18.3 Å². The molecular formula is C21H29BrN6O4S. The summed E-state index contributed by atoms with van der Waals surface area (Å²) < 4.78 is 29.0. The molecule has 1 fully saturated rings. The van der Waals surface area contributed by atoms with Gasteiger partial charge in [-0.2, -0.15) is 4.98 Å². The molecule has 2 aromatic rings. The van der Waals surface area contributed by atoms with Gasteiger partial charge in [0.15, 0.2) is 0 Å². The van der Waals surface area contributed by atoms with Gasteiger partial charge in [0.25, 0.3) is 0 Å². The molecule has 4 N–H and O–H groups in total. The number of hydrogen-bond acceptors (Lipinski definition) is 8. The summed E-state index contributed by atoms with van der Waals surface area (Å²) in [6.07, 6.45) is 3.56. The Bertz CT molecular complexity index is 1100. The van der Waals surface area contributed by atoms with Gasteiger partial charge in [0.05, 0.1) is 16.0 Å². The van der Waals surface area contributed by atoms with Crippen LogP contribution in [-0.4, -0.2) is 66.6 Å². The van der Waals surface area contributed by atoms with E-state index in [-0.39, 0.29) is 35.9 Å². The van der Waals surface area contributed by atoms with E-state index in [4.69, 9.17) is 0 Å². The number of halogens is 1. The molecule has 1 atom stereocenters. The molecule has 1 aliphatic heterocycles. The number of hydrogen-bond donors (Lipinski definition) is 4. The second-order valence-electron chi connectivity index (χ2n) is 7.96. The minimum Gasteiger partial charge on any atom is -0.394 e. The maximum atomic E-state index is 12.9. The van der Waals surface area contributed by atoms with Gasteiger partial charge in [0, 0.05) is 44.0 Å². The Morgan fingerprint density at radius 1 is 1.33 bits per heavy atom. The smallest absolute Gasteiger partial charge is 0.240 e. The number of carbonyl (C=O) groups excluding carboxylic acids is 1. The highest BCUT2D eigenvalue weighted by Gasteiger charge is 2.21. The number of aliphatic hydroxyl groups is 1. The highest BCUT2D eigenvalue weighted by atomic mass is 79.9. The first-order valence-electron chi connectivity index (χ1n) is 10.7. The molecule has 0 saturated carbocycles. The van der Waals surface area contributed by atoms with Crippen LogP contribution in [0, 0.1) is 6.92 Å². The predicted octanol–water partition coefficient (Wildman–Crippen LogP) is 2.37. The first-order valence-corrected chi connectivity index (χ1v) is 13.0. The van der Waals surface area contributed by atoms with Crippen LogP contribution >= 0.6 is 15.9 Å². The van der Waals surface area contributed by atoms with Crippen LogP contribution in [0.4, 0.5) is 17.5 Å². The summed E-state index contributed by atoms with van der Waals surface area (Å²) in [5.74, 6) is 0.917. The topological polar surface area (TPSA) is 137 Å². The lowest BCUT2D eigenvalue weighted by Crippen LogP contribution is -2.31. The molecule has 180 valence electrons. The number of sulfonamides is 1. The first kappa shape index (κ1) is 25.3. The number of aromatic nitrogens is 2. The van der Waals surface area contributed by atoms with Crippen molar-refractivity contribution in [2.75, 3.05) is 36.9 Å². The van der Waals surface area contributed by atoms with Crippen LogP contribution < -0.4 is 15.4 Å². The van der Waals surface area contributed by atoms with Crippen molar-refractivity contribution in [2.24, 2.45) is 0 Å². The molecule has 0 aliphatic carbocycles. The molecule has 33 heavy (non-hydrogen) atoms. The number of aryl methyl sites for hydroxylation is 1. The Labute approximate surface area is 202 Å². The van der Waals surface area contributed by atoms with Crippen LogP contribution in [-0.2, 0) is 14.8 Å². The summed E-state index contributed by atoms with van der Waals surface area (Å²) in [7, 11) is -3.73. The lowest BCUT2D eigenvalue weighted by Gasteiger charge is -2.16. The molecule has 10 nitrogen and oxygen atoms in total. The van der Waals surface area contributed by atoms with E-state index in [1.165, 1.54) is 6.07 Å². The number of likely N-dealkylation sites (tertiary alicyclic amines) is 1. The molecule has 12 heteroatoms. The first-order chi connectivity index (χ1) is 15.7. The number of carbonyl (C=O) groups is 1. The zero-order valence-corrected chi connectivity index (χ0v) is 21.0. The van der Waals surface area contributed by atoms with Gasteiger partial charge in [-0.15, -0.1) is 0 Å². The fraction of sp³-hybridized carbons (Fsp3) is 0.476. The van der Waals surface area contributed by atoms with Gasteiger partial charge < -0.3 is 20.6 Å². The maximum Gasteiger partial charge on any atom is 0.240 e. The highest BCUT2D eigenvalue weighted by Crippen LogP contribution is 2.25. The normalized spacial score (nSPS) is 15.0. The lowest BCUT2D eigenvalue weighted by molar-refractivity contribution is -0.127. The summed E-state index contributed by atoms with van der Waals surface area (Å²) in [5, 5.41) is 15.3. The third kappa shape index (κ3) is 6.85. The quantitative estimate of drug-likeness (QED) is 0.319. The van der Waals surface area contributed by atoms with E-state index < -0.39 is 10.0 Å². The average molecular weight is 541 g/mol. The number of anilines is 3. The van der Waals surface area contributed by atoms with Crippen LogP contribution in [0.15, 0.2) is 33.8 Å². The Hall–Kier alpha value is -2.28. The van der Waals surface area contributed by atoms with Gasteiger partial charge in [-0.05, 0) is 60.3 Å². The largest absolute Gasteiger partial charge is 0.394 e. The van der Waals surface area contributed by atoms with Gasteiger partial charge in [0.1, 0.15) is 5.82 Å². The summed E-state index contributed by atoms with van der Waals surface area (Å²) in [4.78, 5) is 22.2. The lowest BCUT2D eigenvalue weighted by atomic mass is 10.2. The molecule has 1 aliphatic rings. The van der Waals surface area contributed by atoms with Crippen molar-refractivity contribution >= 4 is 49.3 Å². The van der Waals surface area contributed by atoms with Crippen LogP contribution in [0.25, 0.3) is 0 Å². The van der Waals surface area contributed by atoms with Crippen molar-refractivity contribution in [1.82, 2.24) is 19.6 Å². The van der Waals surface area contributed by atoms with Gasteiger partial charge in [0.2, 0.25) is 21.9 Å².